The number of benzene rings is 1. The topological polar surface area (TPSA) is 69.7 Å². The zero-order chi connectivity index (χ0) is 18.9. The molecular weight excluding hydrogens is 350 g/mol. The number of nitrogens with zero attached hydrogens (tertiary/aromatic N) is 2. The molecule has 0 radical (unpaired) electrons. The maximum atomic E-state index is 12.8. The van der Waals surface area contributed by atoms with Gasteiger partial charge in [0.1, 0.15) is 0 Å². The molecule has 3 rings (SSSR count). The fourth-order valence-electron chi connectivity index (χ4n) is 3.37. The molecule has 1 aliphatic carbocycles. The van der Waals surface area contributed by atoms with Gasteiger partial charge >= 0.3 is 0 Å². The molecule has 26 heavy (non-hydrogen) atoms. The molecule has 1 aliphatic heterocycles. The molecule has 144 valence electrons. The first-order valence-electron chi connectivity index (χ1n) is 9.36. The maximum Gasteiger partial charge on any atom is 0.243 e. The number of rotatable bonds is 6. The third-order valence-corrected chi connectivity index (χ3v) is 7.43. The van der Waals surface area contributed by atoms with Crippen molar-refractivity contribution in [3.63, 3.8) is 0 Å². The van der Waals surface area contributed by atoms with E-state index in [1.807, 2.05) is 24.8 Å². The summed E-state index contributed by atoms with van der Waals surface area (Å²) in [6.45, 7) is 8.29. The minimum absolute atomic E-state index is 0.0369. The molecule has 1 aromatic rings. The number of amides is 1. The van der Waals surface area contributed by atoms with Gasteiger partial charge in [-0.3, -0.25) is 9.69 Å². The first-order valence-corrected chi connectivity index (χ1v) is 10.8. The van der Waals surface area contributed by atoms with Gasteiger partial charge in [0.25, 0.3) is 0 Å². The van der Waals surface area contributed by atoms with E-state index in [4.69, 9.17) is 0 Å². The Balaban J connectivity index is 1.53. The molecule has 1 atom stereocenters. The van der Waals surface area contributed by atoms with Gasteiger partial charge in [-0.05, 0) is 62.8 Å². The van der Waals surface area contributed by atoms with Gasteiger partial charge in [0.2, 0.25) is 15.9 Å². The van der Waals surface area contributed by atoms with E-state index in [2.05, 4.69) is 12.2 Å². The molecule has 0 spiro atoms. The van der Waals surface area contributed by atoms with E-state index < -0.39 is 10.0 Å². The normalized spacial score (nSPS) is 20.7. The van der Waals surface area contributed by atoms with Gasteiger partial charge < -0.3 is 5.32 Å². The molecule has 2 fully saturated rings. The lowest BCUT2D eigenvalue weighted by atomic mass is 10.1. The molecule has 6 nitrogen and oxygen atoms in total. The summed E-state index contributed by atoms with van der Waals surface area (Å²) in [5.41, 5.74) is 2.06. The number of sulfonamides is 1. The van der Waals surface area contributed by atoms with Crippen LogP contribution in [-0.2, 0) is 14.8 Å². The van der Waals surface area contributed by atoms with E-state index in [0.717, 1.165) is 11.1 Å². The van der Waals surface area contributed by atoms with Crippen molar-refractivity contribution in [3.05, 3.63) is 29.3 Å². The second-order valence-electron chi connectivity index (χ2n) is 7.62. The van der Waals surface area contributed by atoms with Gasteiger partial charge in [-0.2, -0.15) is 4.31 Å². The molecule has 1 saturated carbocycles. The Hall–Kier alpha value is -1.44. The fraction of sp³-hybridized carbons (Fsp3) is 0.632. The fourth-order valence-corrected chi connectivity index (χ4v) is 4.88. The number of aryl methyl sites for hydroxylation is 2. The van der Waals surface area contributed by atoms with Gasteiger partial charge in [0.05, 0.1) is 11.4 Å². The van der Waals surface area contributed by atoms with Gasteiger partial charge in [-0.15, -0.1) is 0 Å². The van der Waals surface area contributed by atoms with Crippen molar-refractivity contribution in [1.29, 1.82) is 0 Å². The Labute approximate surface area is 156 Å². The predicted molar refractivity (Wildman–Crippen MR) is 101 cm³/mol. The molecule has 0 bridgehead atoms. The van der Waals surface area contributed by atoms with E-state index in [0.29, 0.717) is 43.5 Å². The Kier molecular flexibility index (Phi) is 5.69. The summed E-state index contributed by atoms with van der Waals surface area (Å²) >= 11 is 0. The Morgan fingerprint density at radius 3 is 2.38 bits per heavy atom. The van der Waals surface area contributed by atoms with Crippen molar-refractivity contribution in [2.45, 2.75) is 44.6 Å². The highest BCUT2D eigenvalue weighted by atomic mass is 32.2. The zero-order valence-electron chi connectivity index (χ0n) is 15.9. The molecule has 1 saturated heterocycles. The first kappa shape index (κ1) is 19.3. The third-order valence-electron chi connectivity index (χ3n) is 5.53. The van der Waals surface area contributed by atoms with Crippen LogP contribution < -0.4 is 5.32 Å². The highest BCUT2D eigenvalue weighted by Gasteiger charge is 2.31. The van der Waals surface area contributed by atoms with E-state index >= 15 is 0 Å². The molecule has 1 heterocycles. The summed E-state index contributed by atoms with van der Waals surface area (Å²) in [7, 11) is -3.47. The molecule has 0 unspecified atom stereocenters. The van der Waals surface area contributed by atoms with Crippen LogP contribution in [0.25, 0.3) is 0 Å². The predicted octanol–water partition coefficient (Wildman–Crippen LogP) is 1.52. The van der Waals surface area contributed by atoms with Crippen LogP contribution in [0.1, 0.15) is 30.9 Å². The Bertz CT molecular complexity index is 766. The summed E-state index contributed by atoms with van der Waals surface area (Å²) in [6.07, 6.45) is 2.41. The van der Waals surface area contributed by atoms with Crippen molar-refractivity contribution in [3.8, 4) is 0 Å². The second-order valence-corrected chi connectivity index (χ2v) is 9.56. The minimum Gasteiger partial charge on any atom is -0.352 e. The monoisotopic (exact) mass is 379 g/mol. The zero-order valence-corrected chi connectivity index (χ0v) is 16.7. The van der Waals surface area contributed by atoms with Crippen LogP contribution >= 0.6 is 0 Å². The van der Waals surface area contributed by atoms with Crippen LogP contribution in [0.4, 0.5) is 0 Å². The molecule has 7 heteroatoms. The van der Waals surface area contributed by atoms with Crippen molar-refractivity contribution in [1.82, 2.24) is 14.5 Å². The van der Waals surface area contributed by atoms with Crippen LogP contribution in [0.3, 0.4) is 0 Å². The largest absolute Gasteiger partial charge is 0.352 e. The van der Waals surface area contributed by atoms with E-state index in [1.54, 1.807) is 12.1 Å². The lowest BCUT2D eigenvalue weighted by Gasteiger charge is -2.33. The first-order chi connectivity index (χ1) is 12.3. The smallest absolute Gasteiger partial charge is 0.243 e. The lowest BCUT2D eigenvalue weighted by Crippen LogP contribution is -2.51. The van der Waals surface area contributed by atoms with Crippen LogP contribution in [-0.4, -0.2) is 62.3 Å². The molecule has 0 aromatic heterocycles. The summed E-state index contributed by atoms with van der Waals surface area (Å²) in [5, 5.41) is 3.06. The van der Waals surface area contributed by atoms with Crippen LogP contribution in [0, 0.1) is 19.8 Å². The highest BCUT2D eigenvalue weighted by Crippen LogP contribution is 2.32. The number of carbonyl (C=O) groups excluding carboxylic acids is 1. The number of carbonyl (C=O) groups is 1. The third kappa shape index (κ3) is 4.45. The lowest BCUT2D eigenvalue weighted by molar-refractivity contribution is -0.123. The minimum atomic E-state index is -3.47. The summed E-state index contributed by atoms with van der Waals surface area (Å²) < 4.78 is 27.2. The summed E-state index contributed by atoms with van der Waals surface area (Å²) in [5.74, 6) is 0.675. The second kappa shape index (κ2) is 7.66. The van der Waals surface area contributed by atoms with Gasteiger partial charge in [-0.25, -0.2) is 8.42 Å². The summed E-state index contributed by atoms with van der Waals surface area (Å²) in [6, 6.07) is 5.51. The van der Waals surface area contributed by atoms with Crippen molar-refractivity contribution in [2.75, 3.05) is 32.7 Å². The molecule has 2 aliphatic rings. The van der Waals surface area contributed by atoms with E-state index in [1.165, 1.54) is 17.1 Å². The standard InChI is InChI=1S/C19H29N3O3S/c1-14-4-7-18(12-15(14)2)26(24,25)22-10-8-21(9-11-22)13-19(23)20-16(3)17-5-6-17/h4,7,12,16-17H,5-6,8-11,13H2,1-3H3,(H,20,23)/t16-/m1/s1. The van der Waals surface area contributed by atoms with Gasteiger partial charge in [-0.1, -0.05) is 6.07 Å². The number of hydrogen-bond acceptors (Lipinski definition) is 4. The van der Waals surface area contributed by atoms with Crippen molar-refractivity contribution < 1.29 is 13.2 Å². The average Bonchev–Trinajstić information content (AvgIpc) is 3.42. The molecule has 1 N–H and O–H groups in total. The average molecular weight is 380 g/mol. The molecule has 1 aromatic carbocycles. The van der Waals surface area contributed by atoms with Crippen LogP contribution in [0.2, 0.25) is 0 Å². The van der Waals surface area contributed by atoms with E-state index in [9.17, 15) is 13.2 Å². The SMILES string of the molecule is Cc1ccc(S(=O)(=O)N2CCN(CC(=O)N[C@H](C)C3CC3)CC2)cc1C. The van der Waals surface area contributed by atoms with Crippen LogP contribution in [0.15, 0.2) is 23.1 Å². The van der Waals surface area contributed by atoms with Gasteiger partial charge in [0, 0.05) is 32.2 Å². The molecular formula is C19H29N3O3S. The van der Waals surface area contributed by atoms with E-state index in [-0.39, 0.29) is 11.9 Å². The molecule has 1 amide bonds. The summed E-state index contributed by atoms with van der Waals surface area (Å²) in [4.78, 5) is 14.5. The van der Waals surface area contributed by atoms with Crippen molar-refractivity contribution >= 4 is 15.9 Å². The number of nitrogens with one attached hydrogen (secondary N) is 1. The van der Waals surface area contributed by atoms with Crippen LogP contribution in [0.5, 0.6) is 0 Å². The quantitative estimate of drug-likeness (QED) is 0.814. The number of hydrogen-bond donors (Lipinski definition) is 1. The highest BCUT2D eigenvalue weighted by molar-refractivity contribution is 7.89. The Morgan fingerprint density at radius 2 is 1.81 bits per heavy atom. The van der Waals surface area contributed by atoms with Crippen molar-refractivity contribution in [2.24, 2.45) is 5.92 Å². The number of piperazine rings is 1. The Morgan fingerprint density at radius 1 is 1.15 bits per heavy atom. The van der Waals surface area contributed by atoms with Gasteiger partial charge in [0.15, 0.2) is 0 Å². The maximum absolute atomic E-state index is 12.8.